The molecule has 7 heteroatoms. The molecule has 0 rings (SSSR count). The van der Waals surface area contributed by atoms with Crippen LogP contribution in [0.2, 0.25) is 0 Å². The molecule has 0 N–H and O–H groups in total. The van der Waals surface area contributed by atoms with Crippen molar-refractivity contribution in [3.8, 4) is 0 Å². The van der Waals surface area contributed by atoms with E-state index in [2.05, 4.69) is 0 Å². The van der Waals surface area contributed by atoms with E-state index in [9.17, 15) is 30.7 Å². The molecule has 0 aliphatic carbocycles. The maximum absolute atomic E-state index is 12.4. The Kier molecular flexibility index (Phi) is 3.96. The molecule has 84 valence electrons. The highest BCUT2D eigenvalue weighted by Gasteiger charge is 2.66. The van der Waals surface area contributed by atoms with Gasteiger partial charge in [0, 0.05) is 0 Å². The van der Waals surface area contributed by atoms with E-state index in [-0.39, 0.29) is 6.08 Å². The van der Waals surface area contributed by atoms with E-state index in [1.165, 1.54) is 0 Å². The van der Waals surface area contributed by atoms with Gasteiger partial charge >= 0.3 is 18.3 Å². The van der Waals surface area contributed by atoms with Gasteiger partial charge in [0.05, 0.1) is 0 Å². The first-order valence-electron chi connectivity index (χ1n) is 3.48. The Balaban J connectivity index is 4.93. The van der Waals surface area contributed by atoms with Crippen LogP contribution in [-0.4, -0.2) is 24.4 Å². The summed E-state index contributed by atoms with van der Waals surface area (Å²) in [4.78, 5) is 0. The minimum Gasteiger partial charge on any atom is -0.236 e. The van der Waals surface area contributed by atoms with Gasteiger partial charge in [-0.2, -0.15) is 17.6 Å². The Bertz CT molecular complexity index is 208. The summed E-state index contributed by atoms with van der Waals surface area (Å²) in [5, 5.41) is 0. The fourth-order valence-corrected chi connectivity index (χ4v) is 0.619. The SMILES string of the molecule is CC=CC(F)C(F)(F)C(F)(F)C(F)F. The molecule has 0 aromatic carbocycles. The molecule has 14 heavy (non-hydrogen) atoms. The Labute approximate surface area is 75.4 Å². The van der Waals surface area contributed by atoms with Crippen LogP contribution in [0, 0.1) is 0 Å². The summed E-state index contributed by atoms with van der Waals surface area (Å²) in [7, 11) is 0. The molecule has 0 fully saturated rings. The fraction of sp³-hybridized carbons (Fsp3) is 0.714. The molecule has 0 nitrogen and oxygen atoms in total. The van der Waals surface area contributed by atoms with Crippen molar-refractivity contribution in [1.29, 1.82) is 0 Å². The van der Waals surface area contributed by atoms with Crippen LogP contribution in [0.4, 0.5) is 30.7 Å². The van der Waals surface area contributed by atoms with Crippen molar-refractivity contribution >= 4 is 0 Å². The van der Waals surface area contributed by atoms with Gasteiger partial charge in [-0.1, -0.05) is 6.08 Å². The van der Waals surface area contributed by atoms with E-state index in [0.717, 1.165) is 13.0 Å². The predicted octanol–water partition coefficient (Wildman–Crippen LogP) is 3.44. The number of halogens is 7. The Hall–Kier alpha value is -0.750. The van der Waals surface area contributed by atoms with Crippen molar-refractivity contribution < 1.29 is 30.7 Å². The Morgan fingerprint density at radius 1 is 0.929 bits per heavy atom. The van der Waals surface area contributed by atoms with Gasteiger partial charge in [0.15, 0.2) is 6.17 Å². The summed E-state index contributed by atoms with van der Waals surface area (Å²) < 4.78 is 84.4. The summed E-state index contributed by atoms with van der Waals surface area (Å²) >= 11 is 0. The number of alkyl halides is 7. The minimum absolute atomic E-state index is 0.0935. The molecule has 0 amide bonds. The van der Waals surface area contributed by atoms with Gasteiger partial charge in [0.2, 0.25) is 0 Å². The molecule has 1 atom stereocenters. The van der Waals surface area contributed by atoms with Crippen LogP contribution in [0.1, 0.15) is 6.92 Å². The first-order valence-corrected chi connectivity index (χ1v) is 3.48. The first kappa shape index (κ1) is 13.2. The molecule has 0 radical (unpaired) electrons. The number of rotatable bonds is 4. The normalized spacial score (nSPS) is 16.6. The van der Waals surface area contributed by atoms with Crippen LogP contribution in [0.5, 0.6) is 0 Å². The molecule has 0 heterocycles. The molecular formula is C7H7F7. The molecule has 0 aliphatic rings. The van der Waals surface area contributed by atoms with Gasteiger partial charge in [-0.05, 0) is 13.0 Å². The van der Waals surface area contributed by atoms with Gasteiger partial charge in [0.1, 0.15) is 0 Å². The third-order valence-electron chi connectivity index (χ3n) is 1.43. The summed E-state index contributed by atoms with van der Waals surface area (Å²) in [5.74, 6) is -11.1. The topological polar surface area (TPSA) is 0 Å². The van der Waals surface area contributed by atoms with Crippen LogP contribution in [0.25, 0.3) is 0 Å². The molecule has 1 unspecified atom stereocenters. The van der Waals surface area contributed by atoms with Crippen molar-refractivity contribution in [2.45, 2.75) is 31.4 Å². The second-order valence-corrected chi connectivity index (χ2v) is 2.47. The maximum atomic E-state index is 12.4. The minimum atomic E-state index is -5.67. The number of allylic oxidation sites excluding steroid dienone is 2. The fourth-order valence-electron chi connectivity index (χ4n) is 0.619. The van der Waals surface area contributed by atoms with Gasteiger partial charge in [-0.15, -0.1) is 0 Å². The standard InChI is InChI=1S/C7H7F7/c1-2-3-4(8)6(11,12)7(13,14)5(9)10/h2-5H,1H3. The largest absolute Gasteiger partial charge is 0.372 e. The lowest BCUT2D eigenvalue weighted by molar-refractivity contribution is -0.278. The van der Waals surface area contributed by atoms with E-state index in [0.29, 0.717) is 0 Å². The highest BCUT2D eigenvalue weighted by Crippen LogP contribution is 2.42. The average molecular weight is 224 g/mol. The third-order valence-corrected chi connectivity index (χ3v) is 1.43. The van der Waals surface area contributed by atoms with Gasteiger partial charge in [-0.25, -0.2) is 13.2 Å². The van der Waals surface area contributed by atoms with Crippen molar-refractivity contribution in [3.63, 3.8) is 0 Å². The second kappa shape index (κ2) is 4.18. The van der Waals surface area contributed by atoms with E-state index < -0.39 is 24.4 Å². The van der Waals surface area contributed by atoms with Crippen molar-refractivity contribution in [2.75, 3.05) is 0 Å². The quantitative estimate of drug-likeness (QED) is 0.506. The first-order chi connectivity index (χ1) is 6.17. The molecule has 0 aromatic heterocycles. The molecule has 0 saturated carbocycles. The lowest BCUT2D eigenvalue weighted by Gasteiger charge is -2.26. The highest BCUT2D eigenvalue weighted by molar-refractivity contribution is 5.02. The van der Waals surface area contributed by atoms with Gasteiger partial charge in [-0.3, -0.25) is 0 Å². The van der Waals surface area contributed by atoms with Gasteiger partial charge < -0.3 is 0 Å². The number of hydrogen-bond acceptors (Lipinski definition) is 0. The monoisotopic (exact) mass is 224 g/mol. The Morgan fingerprint density at radius 2 is 1.36 bits per heavy atom. The van der Waals surface area contributed by atoms with Crippen molar-refractivity contribution in [2.24, 2.45) is 0 Å². The van der Waals surface area contributed by atoms with Crippen molar-refractivity contribution in [1.82, 2.24) is 0 Å². The second-order valence-electron chi connectivity index (χ2n) is 2.47. The smallest absolute Gasteiger partial charge is 0.236 e. The summed E-state index contributed by atoms with van der Waals surface area (Å²) in [6, 6.07) is 0. The number of hydrogen-bond donors (Lipinski definition) is 0. The van der Waals surface area contributed by atoms with E-state index in [1.54, 1.807) is 0 Å². The van der Waals surface area contributed by atoms with Crippen LogP contribution in [0.3, 0.4) is 0 Å². The molecule has 0 aliphatic heterocycles. The summed E-state index contributed by atoms with van der Waals surface area (Å²) in [6.07, 6.45) is -7.21. The lowest BCUT2D eigenvalue weighted by Crippen LogP contribution is -2.51. The van der Waals surface area contributed by atoms with E-state index >= 15 is 0 Å². The zero-order valence-corrected chi connectivity index (χ0v) is 6.96. The van der Waals surface area contributed by atoms with Crippen molar-refractivity contribution in [3.05, 3.63) is 12.2 Å². The predicted molar refractivity (Wildman–Crippen MR) is 35.6 cm³/mol. The van der Waals surface area contributed by atoms with Crippen LogP contribution in [0.15, 0.2) is 12.2 Å². The maximum Gasteiger partial charge on any atom is 0.372 e. The third kappa shape index (κ3) is 2.19. The molecule has 0 aromatic rings. The van der Waals surface area contributed by atoms with Crippen LogP contribution >= 0.6 is 0 Å². The molecule has 0 spiro atoms. The molecule has 0 saturated heterocycles. The molecule has 0 bridgehead atoms. The van der Waals surface area contributed by atoms with Gasteiger partial charge in [0.25, 0.3) is 0 Å². The zero-order chi connectivity index (χ0) is 11.6. The van der Waals surface area contributed by atoms with Crippen LogP contribution < -0.4 is 0 Å². The summed E-state index contributed by atoms with van der Waals surface area (Å²) in [5.41, 5.74) is 0. The lowest BCUT2D eigenvalue weighted by atomic mass is 10.1. The highest BCUT2D eigenvalue weighted by atomic mass is 19.3. The van der Waals surface area contributed by atoms with E-state index in [4.69, 9.17) is 0 Å². The molecular weight excluding hydrogens is 217 g/mol. The van der Waals surface area contributed by atoms with Crippen LogP contribution in [-0.2, 0) is 0 Å². The Morgan fingerprint density at radius 3 is 1.64 bits per heavy atom. The average Bonchev–Trinajstić information content (AvgIpc) is 2.04. The van der Waals surface area contributed by atoms with E-state index in [1.807, 2.05) is 0 Å². The summed E-state index contributed by atoms with van der Waals surface area (Å²) in [6.45, 7) is 1.10. The zero-order valence-electron chi connectivity index (χ0n) is 6.96.